The molecule has 0 saturated heterocycles. The molecule has 2 heterocycles. The number of aromatic nitrogens is 1. The second kappa shape index (κ2) is 7.64. The average Bonchev–Trinajstić information content (AvgIpc) is 3.34. The van der Waals surface area contributed by atoms with Crippen molar-refractivity contribution in [3.05, 3.63) is 70.2 Å². The van der Waals surface area contributed by atoms with Crippen LogP contribution in [0.4, 0.5) is 5.13 Å². The largest absolute Gasteiger partial charge is 0.497 e. The predicted octanol–water partition coefficient (Wildman–Crippen LogP) is 5.13. The third kappa shape index (κ3) is 3.47. The summed E-state index contributed by atoms with van der Waals surface area (Å²) in [6.45, 7) is 4.11. The van der Waals surface area contributed by atoms with Crippen molar-refractivity contribution < 1.29 is 9.47 Å². The van der Waals surface area contributed by atoms with Gasteiger partial charge in [0.15, 0.2) is 0 Å². The zero-order chi connectivity index (χ0) is 19.7. The van der Waals surface area contributed by atoms with Crippen LogP contribution in [-0.2, 0) is 0 Å². The van der Waals surface area contributed by atoms with Crippen LogP contribution in [0.5, 0.6) is 11.5 Å². The lowest BCUT2D eigenvalue weighted by atomic mass is 9.97. The van der Waals surface area contributed by atoms with Gasteiger partial charge < -0.3 is 9.47 Å². The van der Waals surface area contributed by atoms with Gasteiger partial charge in [-0.15, -0.1) is 11.3 Å². The number of hydrazone groups is 1. The summed E-state index contributed by atoms with van der Waals surface area (Å²) in [6.07, 6.45) is 0.769. The maximum absolute atomic E-state index is 5.59. The first-order valence-corrected chi connectivity index (χ1v) is 10.0. The van der Waals surface area contributed by atoms with Crippen molar-refractivity contribution in [3.8, 4) is 11.5 Å². The molecule has 28 heavy (non-hydrogen) atoms. The third-order valence-corrected chi connectivity index (χ3v) is 5.84. The number of benzene rings is 2. The number of rotatable bonds is 5. The molecular formula is C22H23N3O2S. The highest BCUT2D eigenvalue weighted by atomic mass is 32.1. The van der Waals surface area contributed by atoms with Crippen LogP contribution >= 0.6 is 11.3 Å². The van der Waals surface area contributed by atoms with Gasteiger partial charge in [-0.2, -0.15) is 5.10 Å². The lowest BCUT2D eigenvalue weighted by molar-refractivity contribution is 0.402. The van der Waals surface area contributed by atoms with Gasteiger partial charge >= 0.3 is 0 Å². The van der Waals surface area contributed by atoms with Crippen LogP contribution in [0.2, 0.25) is 0 Å². The van der Waals surface area contributed by atoms with Crippen LogP contribution in [0.15, 0.2) is 52.9 Å². The number of hydrogen-bond donors (Lipinski definition) is 0. The van der Waals surface area contributed by atoms with Gasteiger partial charge in [0.05, 0.1) is 31.7 Å². The first-order chi connectivity index (χ1) is 13.6. The van der Waals surface area contributed by atoms with Crippen molar-refractivity contribution >= 4 is 22.2 Å². The van der Waals surface area contributed by atoms with Gasteiger partial charge in [0.1, 0.15) is 11.5 Å². The minimum atomic E-state index is 0.0945. The van der Waals surface area contributed by atoms with Crippen LogP contribution in [0.1, 0.15) is 34.8 Å². The Bertz CT molecular complexity index is 1010. The molecule has 0 bridgehead atoms. The van der Waals surface area contributed by atoms with E-state index < -0.39 is 0 Å². The molecule has 0 fully saturated rings. The normalized spacial score (nSPS) is 16.2. The van der Waals surface area contributed by atoms with E-state index in [-0.39, 0.29) is 6.04 Å². The molecule has 0 spiro atoms. The van der Waals surface area contributed by atoms with Crippen molar-refractivity contribution in [2.24, 2.45) is 5.10 Å². The van der Waals surface area contributed by atoms with Crippen molar-refractivity contribution in [3.63, 3.8) is 0 Å². The Kier molecular flexibility index (Phi) is 5.05. The zero-order valence-corrected chi connectivity index (χ0v) is 17.3. The maximum atomic E-state index is 5.59. The smallest absolute Gasteiger partial charge is 0.206 e. The van der Waals surface area contributed by atoms with E-state index in [0.29, 0.717) is 0 Å². The molecule has 0 N–H and O–H groups in total. The Balaban J connectivity index is 1.78. The van der Waals surface area contributed by atoms with Gasteiger partial charge in [-0.05, 0) is 37.6 Å². The van der Waals surface area contributed by atoms with Crippen molar-refractivity contribution in [1.29, 1.82) is 0 Å². The number of ether oxygens (including phenoxy) is 2. The summed E-state index contributed by atoms with van der Waals surface area (Å²) in [5.41, 5.74) is 5.39. The summed E-state index contributed by atoms with van der Waals surface area (Å²) < 4.78 is 11.0. The van der Waals surface area contributed by atoms with Gasteiger partial charge in [0, 0.05) is 17.4 Å². The van der Waals surface area contributed by atoms with Gasteiger partial charge in [-0.1, -0.05) is 29.8 Å². The van der Waals surface area contributed by atoms with Gasteiger partial charge in [-0.25, -0.2) is 9.99 Å². The predicted molar refractivity (Wildman–Crippen MR) is 114 cm³/mol. The van der Waals surface area contributed by atoms with Gasteiger partial charge in [0.2, 0.25) is 5.13 Å². The van der Waals surface area contributed by atoms with Crippen LogP contribution in [0, 0.1) is 13.8 Å². The van der Waals surface area contributed by atoms with Crippen LogP contribution in [0.3, 0.4) is 0 Å². The second-order valence-corrected chi connectivity index (χ2v) is 7.70. The maximum Gasteiger partial charge on any atom is 0.206 e. The Morgan fingerprint density at radius 3 is 2.46 bits per heavy atom. The number of methoxy groups -OCH3 is 2. The Labute approximate surface area is 169 Å². The number of nitrogens with zero attached hydrogens (tertiary/aromatic N) is 3. The number of hydrogen-bond acceptors (Lipinski definition) is 6. The van der Waals surface area contributed by atoms with E-state index in [1.165, 1.54) is 11.1 Å². The molecule has 5 nitrogen and oxygen atoms in total. The highest BCUT2D eigenvalue weighted by Crippen LogP contribution is 2.40. The van der Waals surface area contributed by atoms with Crippen LogP contribution in [0.25, 0.3) is 0 Å². The fourth-order valence-electron chi connectivity index (χ4n) is 3.38. The Hall–Kier alpha value is -2.86. The summed E-state index contributed by atoms with van der Waals surface area (Å²) in [5, 5.41) is 9.97. The average molecular weight is 394 g/mol. The SMILES string of the molecule is COc1ccc(OC)c(C2=NN(c3nc(C)cs3)[C@H](c3ccc(C)cc3)C2)c1. The topological polar surface area (TPSA) is 47.0 Å². The van der Waals surface area contributed by atoms with E-state index in [9.17, 15) is 0 Å². The molecule has 1 aliphatic heterocycles. The molecule has 6 heteroatoms. The molecule has 3 aromatic rings. The molecule has 1 aliphatic rings. The first-order valence-electron chi connectivity index (χ1n) is 9.17. The highest BCUT2D eigenvalue weighted by molar-refractivity contribution is 7.13. The van der Waals surface area contributed by atoms with E-state index in [4.69, 9.17) is 14.6 Å². The van der Waals surface area contributed by atoms with Crippen LogP contribution in [-0.4, -0.2) is 24.9 Å². The van der Waals surface area contributed by atoms with E-state index in [0.717, 1.165) is 40.0 Å². The molecule has 0 unspecified atom stereocenters. The lowest BCUT2D eigenvalue weighted by Gasteiger charge is -2.21. The molecule has 1 aromatic heterocycles. The molecule has 144 valence electrons. The molecule has 1 atom stereocenters. The summed E-state index contributed by atoms with van der Waals surface area (Å²) >= 11 is 1.62. The Morgan fingerprint density at radius 2 is 1.82 bits per heavy atom. The summed E-state index contributed by atoms with van der Waals surface area (Å²) in [4.78, 5) is 4.67. The summed E-state index contributed by atoms with van der Waals surface area (Å²) in [6, 6.07) is 14.5. The van der Waals surface area contributed by atoms with Crippen molar-refractivity contribution in [1.82, 2.24) is 4.98 Å². The van der Waals surface area contributed by atoms with Crippen molar-refractivity contribution in [2.75, 3.05) is 19.2 Å². The van der Waals surface area contributed by atoms with Gasteiger partial charge in [0.25, 0.3) is 0 Å². The minimum absolute atomic E-state index is 0.0945. The second-order valence-electron chi connectivity index (χ2n) is 6.86. The van der Waals surface area contributed by atoms with Crippen molar-refractivity contribution in [2.45, 2.75) is 26.3 Å². The van der Waals surface area contributed by atoms with E-state index in [2.05, 4.69) is 41.6 Å². The highest BCUT2D eigenvalue weighted by Gasteiger charge is 2.32. The van der Waals surface area contributed by atoms with Crippen LogP contribution < -0.4 is 14.5 Å². The molecular weight excluding hydrogens is 370 g/mol. The van der Waals surface area contributed by atoms with Gasteiger partial charge in [-0.3, -0.25) is 0 Å². The standard InChI is InChI=1S/C22H23N3O2S/c1-14-5-7-16(8-6-14)20-12-19(24-25(20)22-23-15(2)13-28-22)18-11-17(26-3)9-10-21(18)27-4/h5-11,13,20H,12H2,1-4H3/t20-/m0/s1. The van der Waals surface area contributed by atoms with E-state index in [1.807, 2.05) is 30.1 Å². The summed E-state index contributed by atoms with van der Waals surface area (Å²) in [7, 11) is 3.35. The molecule has 4 rings (SSSR count). The summed E-state index contributed by atoms with van der Waals surface area (Å²) in [5.74, 6) is 1.58. The van der Waals surface area contributed by atoms with E-state index in [1.54, 1.807) is 25.6 Å². The minimum Gasteiger partial charge on any atom is -0.497 e. The molecule has 0 radical (unpaired) electrons. The molecule has 0 aliphatic carbocycles. The first kappa shape index (κ1) is 18.5. The number of aryl methyl sites for hydroxylation is 2. The molecule has 2 aromatic carbocycles. The molecule has 0 amide bonds. The lowest BCUT2D eigenvalue weighted by Crippen LogP contribution is -2.18. The number of thiazole rings is 1. The fraction of sp³-hybridized carbons (Fsp3) is 0.273. The third-order valence-electron chi connectivity index (χ3n) is 4.89. The number of anilines is 1. The quantitative estimate of drug-likeness (QED) is 0.603. The zero-order valence-electron chi connectivity index (χ0n) is 16.5. The fourth-order valence-corrected chi connectivity index (χ4v) is 4.19. The van der Waals surface area contributed by atoms with E-state index >= 15 is 0 Å². The monoisotopic (exact) mass is 393 g/mol. The molecule has 0 saturated carbocycles. The Morgan fingerprint density at radius 1 is 1.04 bits per heavy atom.